The molecule has 24 heavy (non-hydrogen) atoms. The number of imidazole rings is 1. The van der Waals surface area contributed by atoms with Crippen LogP contribution in [0, 0.1) is 6.92 Å². The van der Waals surface area contributed by atoms with Crippen LogP contribution in [0.1, 0.15) is 5.82 Å². The van der Waals surface area contributed by atoms with Gasteiger partial charge in [0.15, 0.2) is 5.03 Å². The first-order valence-corrected chi connectivity index (χ1v) is 8.92. The summed E-state index contributed by atoms with van der Waals surface area (Å²) in [6.07, 6.45) is 4.95. The summed E-state index contributed by atoms with van der Waals surface area (Å²) in [4.78, 5) is 16.4. The molecule has 0 aliphatic heterocycles. The van der Waals surface area contributed by atoms with Gasteiger partial charge in [-0.05, 0) is 19.1 Å². The molecule has 3 heterocycles. The number of fused-ring (bicyclic) bond motifs is 1. The Kier molecular flexibility index (Phi) is 4.06. The SMILES string of the molecule is Cc1nc(S(=O)(=O)NCCn2ccc3ccn(C)c3c2=O)cn1C. The molecule has 3 aromatic heterocycles. The molecule has 0 unspecified atom stereocenters. The molecule has 0 saturated heterocycles. The van der Waals surface area contributed by atoms with Gasteiger partial charge in [0.05, 0.1) is 0 Å². The molecule has 0 spiro atoms. The molecule has 0 saturated carbocycles. The molecule has 0 atom stereocenters. The lowest BCUT2D eigenvalue weighted by atomic mass is 10.3. The molecular formula is C15H19N5O3S. The Morgan fingerprint density at radius 2 is 1.88 bits per heavy atom. The number of rotatable bonds is 5. The molecule has 0 fully saturated rings. The third-order valence-electron chi connectivity index (χ3n) is 4.01. The van der Waals surface area contributed by atoms with Crippen molar-refractivity contribution in [3.05, 3.63) is 46.9 Å². The van der Waals surface area contributed by atoms with Crippen molar-refractivity contribution < 1.29 is 8.42 Å². The Labute approximate surface area is 139 Å². The molecule has 8 nitrogen and oxygen atoms in total. The minimum Gasteiger partial charge on any atom is -0.346 e. The molecule has 9 heteroatoms. The summed E-state index contributed by atoms with van der Waals surface area (Å²) in [5, 5.41) is 0.844. The molecule has 128 valence electrons. The number of aryl methyl sites for hydroxylation is 3. The Hall–Kier alpha value is -2.39. The minimum atomic E-state index is -3.69. The summed E-state index contributed by atoms with van der Waals surface area (Å²) in [6.45, 7) is 2.08. The minimum absolute atomic E-state index is 0.0206. The standard InChI is InChI=1S/C15H19N5O3S/c1-11-17-13(10-19(11)3)24(22,23)16-6-9-20-8-5-12-4-7-18(2)14(12)15(20)21/h4-5,7-8,10,16H,6,9H2,1-3H3. The Morgan fingerprint density at radius 1 is 1.17 bits per heavy atom. The van der Waals surface area contributed by atoms with Crippen molar-refractivity contribution in [2.75, 3.05) is 6.54 Å². The maximum absolute atomic E-state index is 12.4. The van der Waals surface area contributed by atoms with Crippen molar-refractivity contribution in [3.63, 3.8) is 0 Å². The van der Waals surface area contributed by atoms with Crippen molar-refractivity contribution in [1.29, 1.82) is 0 Å². The van der Waals surface area contributed by atoms with Crippen molar-refractivity contribution >= 4 is 20.9 Å². The van der Waals surface area contributed by atoms with Gasteiger partial charge in [0.25, 0.3) is 15.6 Å². The van der Waals surface area contributed by atoms with Gasteiger partial charge in [-0.2, -0.15) is 0 Å². The largest absolute Gasteiger partial charge is 0.346 e. The van der Waals surface area contributed by atoms with E-state index in [1.165, 1.54) is 10.8 Å². The van der Waals surface area contributed by atoms with Gasteiger partial charge in [-0.1, -0.05) is 0 Å². The zero-order valence-electron chi connectivity index (χ0n) is 13.7. The van der Waals surface area contributed by atoms with Crippen LogP contribution in [0.3, 0.4) is 0 Å². The summed E-state index contributed by atoms with van der Waals surface area (Å²) in [6, 6.07) is 3.71. The third-order valence-corrected chi connectivity index (χ3v) is 5.34. The predicted molar refractivity (Wildman–Crippen MR) is 90.3 cm³/mol. The van der Waals surface area contributed by atoms with Crippen LogP contribution >= 0.6 is 0 Å². The number of aromatic nitrogens is 4. The first kappa shape index (κ1) is 16.5. The van der Waals surface area contributed by atoms with E-state index in [2.05, 4.69) is 9.71 Å². The fourth-order valence-corrected chi connectivity index (χ4v) is 3.60. The Morgan fingerprint density at radius 3 is 2.54 bits per heavy atom. The molecule has 0 amide bonds. The van der Waals surface area contributed by atoms with Crippen molar-refractivity contribution in [1.82, 2.24) is 23.4 Å². The lowest BCUT2D eigenvalue weighted by molar-refractivity contribution is 0.567. The molecule has 0 aliphatic rings. The molecule has 3 aromatic rings. The zero-order chi connectivity index (χ0) is 17.5. The zero-order valence-corrected chi connectivity index (χ0v) is 14.5. The van der Waals surface area contributed by atoms with Crippen molar-refractivity contribution in [3.8, 4) is 0 Å². The van der Waals surface area contributed by atoms with Gasteiger partial charge in [0, 0.05) is 51.2 Å². The Balaban J connectivity index is 1.76. The third kappa shape index (κ3) is 2.87. The van der Waals surface area contributed by atoms with Gasteiger partial charge in [-0.25, -0.2) is 18.1 Å². The first-order chi connectivity index (χ1) is 11.3. The molecule has 1 N–H and O–H groups in total. The molecule has 0 radical (unpaired) electrons. The van der Waals surface area contributed by atoms with Crippen LogP contribution in [0.5, 0.6) is 0 Å². The first-order valence-electron chi connectivity index (χ1n) is 7.44. The predicted octanol–water partition coefficient (Wildman–Crippen LogP) is 0.360. The summed E-state index contributed by atoms with van der Waals surface area (Å²) in [5.74, 6) is 0.612. The van der Waals surface area contributed by atoms with Crippen LogP contribution in [0.2, 0.25) is 0 Å². The van der Waals surface area contributed by atoms with E-state index in [1.54, 1.807) is 36.4 Å². The number of hydrogen-bond acceptors (Lipinski definition) is 4. The fourth-order valence-electron chi connectivity index (χ4n) is 2.54. The molecule has 3 rings (SSSR count). The number of hydrogen-bond donors (Lipinski definition) is 1. The van der Waals surface area contributed by atoms with E-state index in [1.807, 2.05) is 18.3 Å². The molecule has 0 aliphatic carbocycles. The Bertz CT molecular complexity index is 1040. The fraction of sp³-hybridized carbons (Fsp3) is 0.333. The summed E-state index contributed by atoms with van der Waals surface area (Å²) in [5.41, 5.74) is 0.452. The van der Waals surface area contributed by atoms with E-state index < -0.39 is 10.0 Å². The van der Waals surface area contributed by atoms with E-state index in [4.69, 9.17) is 0 Å². The summed E-state index contributed by atoms with van der Waals surface area (Å²) in [7, 11) is -0.149. The van der Waals surface area contributed by atoms with E-state index in [0.717, 1.165) is 5.39 Å². The van der Waals surface area contributed by atoms with Crippen LogP contribution in [0.4, 0.5) is 0 Å². The van der Waals surface area contributed by atoms with Crippen LogP contribution < -0.4 is 10.3 Å². The summed E-state index contributed by atoms with van der Waals surface area (Å²) >= 11 is 0. The maximum Gasteiger partial charge on any atom is 0.275 e. The normalized spacial score (nSPS) is 12.1. The van der Waals surface area contributed by atoms with E-state index in [9.17, 15) is 13.2 Å². The highest BCUT2D eigenvalue weighted by Gasteiger charge is 2.18. The van der Waals surface area contributed by atoms with Crippen molar-refractivity contribution in [2.24, 2.45) is 14.1 Å². The van der Waals surface area contributed by atoms with Gasteiger partial charge >= 0.3 is 0 Å². The van der Waals surface area contributed by atoms with Crippen molar-refractivity contribution in [2.45, 2.75) is 18.5 Å². The highest BCUT2D eigenvalue weighted by molar-refractivity contribution is 7.89. The average molecular weight is 349 g/mol. The van der Waals surface area contributed by atoms with Gasteiger partial charge in [0.2, 0.25) is 0 Å². The monoisotopic (exact) mass is 349 g/mol. The van der Waals surface area contributed by atoms with E-state index in [0.29, 0.717) is 11.3 Å². The smallest absolute Gasteiger partial charge is 0.275 e. The molecular weight excluding hydrogens is 330 g/mol. The molecule has 0 aromatic carbocycles. The van der Waals surface area contributed by atoms with Crippen LogP contribution in [-0.4, -0.2) is 33.6 Å². The highest BCUT2D eigenvalue weighted by Crippen LogP contribution is 2.10. The average Bonchev–Trinajstić information content (AvgIpc) is 3.06. The summed E-state index contributed by atoms with van der Waals surface area (Å²) < 4.78 is 31.8. The maximum atomic E-state index is 12.4. The second-order valence-corrected chi connectivity index (χ2v) is 7.39. The van der Waals surface area contributed by atoms with Crippen LogP contribution in [0.15, 0.2) is 40.5 Å². The number of sulfonamides is 1. The van der Waals surface area contributed by atoms with Gasteiger partial charge < -0.3 is 13.7 Å². The second kappa shape index (κ2) is 5.91. The highest BCUT2D eigenvalue weighted by atomic mass is 32.2. The van der Waals surface area contributed by atoms with Crippen LogP contribution in [-0.2, 0) is 30.7 Å². The van der Waals surface area contributed by atoms with E-state index in [-0.39, 0.29) is 23.7 Å². The lowest BCUT2D eigenvalue weighted by Gasteiger charge is -2.08. The van der Waals surface area contributed by atoms with Crippen LogP contribution in [0.25, 0.3) is 10.9 Å². The number of pyridine rings is 1. The quantitative estimate of drug-likeness (QED) is 0.720. The molecule has 0 bridgehead atoms. The van der Waals surface area contributed by atoms with Gasteiger partial charge in [0.1, 0.15) is 11.3 Å². The topological polar surface area (TPSA) is 90.9 Å². The van der Waals surface area contributed by atoms with Gasteiger partial charge in [-0.15, -0.1) is 0 Å². The number of nitrogens with one attached hydrogen (secondary N) is 1. The lowest BCUT2D eigenvalue weighted by Crippen LogP contribution is -2.31. The van der Waals surface area contributed by atoms with Gasteiger partial charge in [-0.3, -0.25) is 4.79 Å². The number of nitrogens with zero attached hydrogens (tertiary/aromatic N) is 4. The van der Waals surface area contributed by atoms with E-state index >= 15 is 0 Å². The second-order valence-electron chi connectivity index (χ2n) is 5.68.